The van der Waals surface area contributed by atoms with E-state index in [0.717, 1.165) is 4.52 Å². The molecule has 0 amide bonds. The largest absolute Gasteiger partial charge is 0.214 e. The second kappa shape index (κ2) is 2.31. The van der Waals surface area contributed by atoms with E-state index < -0.39 is 5.95 Å². The van der Waals surface area contributed by atoms with Gasteiger partial charge in [-0.2, -0.15) is 14.8 Å². The van der Waals surface area contributed by atoms with Gasteiger partial charge >= 0.3 is 0 Å². The van der Waals surface area contributed by atoms with Crippen molar-refractivity contribution < 1.29 is 4.39 Å². The quantitative estimate of drug-likeness (QED) is 0.547. The molecule has 12 heavy (non-hydrogen) atoms. The molecule has 0 fully saturated rings. The summed E-state index contributed by atoms with van der Waals surface area (Å²) >= 11 is 0. The SMILES string of the molecule is N#Cc1cnn2c(F)cccc12. The number of pyridine rings is 1. The topological polar surface area (TPSA) is 41.1 Å². The Kier molecular flexibility index (Phi) is 1.31. The predicted molar refractivity (Wildman–Crippen MR) is 39.9 cm³/mol. The van der Waals surface area contributed by atoms with Crippen LogP contribution in [0.15, 0.2) is 24.4 Å². The third-order valence-electron chi connectivity index (χ3n) is 1.62. The van der Waals surface area contributed by atoms with Crippen LogP contribution in [0.1, 0.15) is 5.56 Å². The van der Waals surface area contributed by atoms with Gasteiger partial charge in [0.1, 0.15) is 6.07 Å². The van der Waals surface area contributed by atoms with Crippen molar-refractivity contribution in [1.29, 1.82) is 5.26 Å². The molecule has 2 aromatic heterocycles. The van der Waals surface area contributed by atoms with E-state index in [1.54, 1.807) is 12.1 Å². The number of hydrogen-bond acceptors (Lipinski definition) is 2. The van der Waals surface area contributed by atoms with Gasteiger partial charge in [0.2, 0.25) is 5.95 Å². The molecule has 0 aliphatic carbocycles. The van der Waals surface area contributed by atoms with Crippen LogP contribution in [0.4, 0.5) is 4.39 Å². The van der Waals surface area contributed by atoms with Crippen molar-refractivity contribution in [2.24, 2.45) is 0 Å². The number of rotatable bonds is 0. The first kappa shape index (κ1) is 6.80. The zero-order valence-electron chi connectivity index (χ0n) is 6.03. The molecule has 0 N–H and O–H groups in total. The normalized spacial score (nSPS) is 10.0. The highest BCUT2D eigenvalue weighted by Crippen LogP contribution is 2.10. The third-order valence-corrected chi connectivity index (χ3v) is 1.62. The first-order valence-corrected chi connectivity index (χ1v) is 3.35. The highest BCUT2D eigenvalue weighted by molar-refractivity contribution is 5.59. The van der Waals surface area contributed by atoms with Gasteiger partial charge in [-0.05, 0) is 12.1 Å². The number of nitrogens with zero attached hydrogens (tertiary/aromatic N) is 3. The molecular weight excluding hydrogens is 157 g/mol. The van der Waals surface area contributed by atoms with E-state index in [-0.39, 0.29) is 0 Å². The van der Waals surface area contributed by atoms with Crippen LogP contribution in [0, 0.1) is 17.3 Å². The molecule has 0 bridgehead atoms. The fourth-order valence-electron chi connectivity index (χ4n) is 1.06. The van der Waals surface area contributed by atoms with E-state index in [1.165, 1.54) is 12.3 Å². The molecule has 0 aromatic carbocycles. The average molecular weight is 161 g/mol. The minimum Gasteiger partial charge on any atom is -0.205 e. The Bertz CT molecular complexity index is 467. The van der Waals surface area contributed by atoms with E-state index in [9.17, 15) is 4.39 Å². The van der Waals surface area contributed by atoms with Gasteiger partial charge in [0.25, 0.3) is 0 Å². The van der Waals surface area contributed by atoms with Crippen LogP contribution in [0.3, 0.4) is 0 Å². The highest BCUT2D eigenvalue weighted by atomic mass is 19.1. The van der Waals surface area contributed by atoms with E-state index in [2.05, 4.69) is 5.10 Å². The molecule has 0 spiro atoms. The summed E-state index contributed by atoms with van der Waals surface area (Å²) in [6, 6.07) is 6.42. The molecule has 0 aliphatic rings. The lowest BCUT2D eigenvalue weighted by Gasteiger charge is -1.92. The lowest BCUT2D eigenvalue weighted by molar-refractivity contribution is 0.545. The van der Waals surface area contributed by atoms with Crippen molar-refractivity contribution in [3.63, 3.8) is 0 Å². The van der Waals surface area contributed by atoms with Crippen molar-refractivity contribution >= 4 is 5.52 Å². The number of halogens is 1. The maximum Gasteiger partial charge on any atom is 0.214 e. The van der Waals surface area contributed by atoms with Crippen molar-refractivity contribution in [3.05, 3.63) is 35.9 Å². The van der Waals surface area contributed by atoms with Crippen molar-refractivity contribution in [1.82, 2.24) is 9.61 Å². The number of aromatic nitrogens is 2. The smallest absolute Gasteiger partial charge is 0.205 e. The molecule has 2 aromatic rings. The monoisotopic (exact) mass is 161 g/mol. The standard InChI is InChI=1S/C8H4FN3/c9-8-3-1-2-7-6(4-10)5-11-12(7)8/h1-3,5H. The van der Waals surface area contributed by atoms with Gasteiger partial charge in [0.05, 0.1) is 17.3 Å². The van der Waals surface area contributed by atoms with Gasteiger partial charge in [0, 0.05) is 0 Å². The van der Waals surface area contributed by atoms with E-state index >= 15 is 0 Å². The molecule has 0 aliphatic heterocycles. The average Bonchev–Trinajstić information content (AvgIpc) is 2.49. The van der Waals surface area contributed by atoms with E-state index in [1.807, 2.05) is 6.07 Å². The Balaban J connectivity index is 2.91. The summed E-state index contributed by atoms with van der Waals surface area (Å²) < 4.78 is 14.0. The molecule has 58 valence electrons. The molecule has 2 heterocycles. The van der Waals surface area contributed by atoms with Crippen LogP contribution in [-0.2, 0) is 0 Å². The van der Waals surface area contributed by atoms with Gasteiger partial charge in [-0.25, -0.2) is 4.52 Å². The van der Waals surface area contributed by atoms with Gasteiger partial charge in [-0.15, -0.1) is 0 Å². The van der Waals surface area contributed by atoms with Gasteiger partial charge in [-0.3, -0.25) is 0 Å². The van der Waals surface area contributed by atoms with Gasteiger partial charge < -0.3 is 0 Å². The summed E-state index contributed by atoms with van der Waals surface area (Å²) in [5, 5.41) is 12.3. The van der Waals surface area contributed by atoms with Crippen LogP contribution in [0.2, 0.25) is 0 Å². The summed E-state index contributed by atoms with van der Waals surface area (Å²) in [6.07, 6.45) is 1.35. The molecule has 0 saturated carbocycles. The van der Waals surface area contributed by atoms with Crippen LogP contribution in [0.5, 0.6) is 0 Å². The first-order valence-electron chi connectivity index (χ1n) is 3.35. The van der Waals surface area contributed by atoms with Crippen LogP contribution in [-0.4, -0.2) is 9.61 Å². The lowest BCUT2D eigenvalue weighted by atomic mass is 10.3. The Morgan fingerprint density at radius 2 is 2.33 bits per heavy atom. The second-order valence-corrected chi connectivity index (χ2v) is 2.32. The highest BCUT2D eigenvalue weighted by Gasteiger charge is 2.04. The zero-order valence-corrected chi connectivity index (χ0v) is 6.03. The Hall–Kier alpha value is -1.89. The van der Waals surface area contributed by atoms with Crippen molar-refractivity contribution in [3.8, 4) is 6.07 Å². The summed E-state index contributed by atoms with van der Waals surface area (Å²) in [5.41, 5.74) is 0.881. The van der Waals surface area contributed by atoms with E-state index in [4.69, 9.17) is 5.26 Å². The fraction of sp³-hybridized carbons (Fsp3) is 0. The van der Waals surface area contributed by atoms with Gasteiger partial charge in [-0.1, -0.05) is 6.07 Å². The molecular formula is C8H4FN3. The van der Waals surface area contributed by atoms with Crippen molar-refractivity contribution in [2.75, 3.05) is 0 Å². The molecule has 0 unspecified atom stereocenters. The number of nitriles is 1. The second-order valence-electron chi connectivity index (χ2n) is 2.32. The molecule has 0 radical (unpaired) electrons. The maximum absolute atomic E-state index is 12.9. The minimum absolute atomic E-state index is 0.384. The van der Waals surface area contributed by atoms with Gasteiger partial charge in [0.15, 0.2) is 0 Å². The van der Waals surface area contributed by atoms with Crippen LogP contribution >= 0.6 is 0 Å². The zero-order chi connectivity index (χ0) is 8.55. The van der Waals surface area contributed by atoms with E-state index in [0.29, 0.717) is 11.1 Å². The Morgan fingerprint density at radius 1 is 1.50 bits per heavy atom. The van der Waals surface area contributed by atoms with Crippen molar-refractivity contribution in [2.45, 2.75) is 0 Å². The lowest BCUT2D eigenvalue weighted by Crippen LogP contribution is -1.92. The minimum atomic E-state index is -0.464. The first-order chi connectivity index (χ1) is 5.83. The summed E-state index contributed by atoms with van der Waals surface area (Å²) in [4.78, 5) is 0. The van der Waals surface area contributed by atoms with Crippen LogP contribution in [0.25, 0.3) is 5.52 Å². The Morgan fingerprint density at radius 3 is 3.08 bits per heavy atom. The molecule has 2 rings (SSSR count). The third kappa shape index (κ3) is 0.768. The summed E-state index contributed by atoms with van der Waals surface area (Å²) in [6.45, 7) is 0. The van der Waals surface area contributed by atoms with Crippen LogP contribution < -0.4 is 0 Å². The number of hydrogen-bond donors (Lipinski definition) is 0. The fourth-order valence-corrected chi connectivity index (χ4v) is 1.06. The number of fused-ring (bicyclic) bond motifs is 1. The predicted octanol–water partition coefficient (Wildman–Crippen LogP) is 1.35. The molecule has 0 saturated heterocycles. The molecule has 3 nitrogen and oxygen atoms in total. The molecule has 4 heteroatoms. The summed E-state index contributed by atoms with van der Waals surface area (Å²) in [5.74, 6) is -0.464. The summed E-state index contributed by atoms with van der Waals surface area (Å²) in [7, 11) is 0. The Labute approximate surface area is 67.7 Å². The molecule has 0 atom stereocenters. The maximum atomic E-state index is 12.9.